The number of methoxy groups -OCH3 is 1. The summed E-state index contributed by atoms with van der Waals surface area (Å²) in [5.41, 5.74) is 0. The third kappa shape index (κ3) is 6.81. The van der Waals surface area contributed by atoms with E-state index in [1.807, 2.05) is 13.8 Å². The van der Waals surface area contributed by atoms with Gasteiger partial charge in [0, 0.05) is 5.02 Å². The second kappa shape index (κ2) is 9.38. The molecule has 0 radical (unpaired) electrons. The van der Waals surface area contributed by atoms with E-state index in [2.05, 4.69) is 14.8 Å². The number of ether oxygens (including phenoxy) is 1. The number of carbonyl (C=O) groups is 2. The summed E-state index contributed by atoms with van der Waals surface area (Å²) >= 11 is 11.6. The maximum Gasteiger partial charge on any atom is 0.328 e. The fourth-order valence-corrected chi connectivity index (χ4v) is 3.74. The second-order valence-electron chi connectivity index (χ2n) is 5.67. The molecule has 0 aliphatic carbocycles. The van der Waals surface area contributed by atoms with Crippen molar-refractivity contribution in [1.82, 2.24) is 10.0 Å². The summed E-state index contributed by atoms with van der Waals surface area (Å²) in [7, 11) is -2.82. The number of rotatable bonds is 8. The lowest BCUT2D eigenvalue weighted by molar-refractivity contribution is -0.145. The molecule has 1 aromatic rings. The van der Waals surface area contributed by atoms with E-state index in [1.54, 1.807) is 0 Å². The Bertz CT molecular complexity index is 737. The van der Waals surface area contributed by atoms with Gasteiger partial charge in [0.25, 0.3) is 0 Å². The van der Waals surface area contributed by atoms with Gasteiger partial charge in [-0.1, -0.05) is 37.0 Å². The summed E-state index contributed by atoms with van der Waals surface area (Å²) in [4.78, 5) is 23.4. The molecule has 0 saturated carbocycles. The van der Waals surface area contributed by atoms with Crippen molar-refractivity contribution in [2.24, 2.45) is 5.92 Å². The monoisotopic (exact) mass is 410 g/mol. The van der Waals surface area contributed by atoms with Crippen LogP contribution in [0, 0.1) is 5.92 Å². The number of esters is 1. The van der Waals surface area contributed by atoms with Crippen molar-refractivity contribution in [3.05, 3.63) is 28.2 Å². The summed E-state index contributed by atoms with van der Waals surface area (Å²) in [6.45, 7) is 3.20. The van der Waals surface area contributed by atoms with E-state index in [0.717, 1.165) is 0 Å². The molecule has 0 bridgehead atoms. The van der Waals surface area contributed by atoms with E-state index >= 15 is 0 Å². The van der Waals surface area contributed by atoms with Gasteiger partial charge in [0.1, 0.15) is 10.9 Å². The zero-order valence-electron chi connectivity index (χ0n) is 14.0. The molecule has 0 aliphatic heterocycles. The molecule has 10 heteroatoms. The van der Waals surface area contributed by atoms with Crippen LogP contribution in [0.4, 0.5) is 0 Å². The maximum absolute atomic E-state index is 12.2. The summed E-state index contributed by atoms with van der Waals surface area (Å²) in [5.74, 6) is -1.13. The van der Waals surface area contributed by atoms with Crippen LogP contribution in [0.5, 0.6) is 0 Å². The molecule has 2 N–H and O–H groups in total. The number of hydrogen-bond donors (Lipinski definition) is 2. The first-order chi connectivity index (χ1) is 11.6. The van der Waals surface area contributed by atoms with E-state index in [1.165, 1.54) is 25.3 Å². The quantitative estimate of drug-likeness (QED) is 0.637. The van der Waals surface area contributed by atoms with Gasteiger partial charge in [-0.25, -0.2) is 17.9 Å². The first-order valence-corrected chi connectivity index (χ1v) is 9.62. The standard InChI is InChI=1S/C15H20Cl2N2O5S/c1-9(2)6-12(15(21)24-3)19-14(20)8-18-25(22,23)13-7-10(16)4-5-11(13)17/h4-5,7,9,12,18H,6,8H2,1-3H3,(H,19,20). The molecular formula is C15H20Cl2N2O5S. The predicted octanol–water partition coefficient (Wildman–Crippen LogP) is 1.98. The van der Waals surface area contributed by atoms with Crippen LogP contribution in [0.25, 0.3) is 0 Å². The van der Waals surface area contributed by atoms with E-state index < -0.39 is 34.5 Å². The Hall–Kier alpha value is -1.35. The zero-order valence-corrected chi connectivity index (χ0v) is 16.3. The van der Waals surface area contributed by atoms with Gasteiger partial charge in [0.05, 0.1) is 18.7 Å². The van der Waals surface area contributed by atoms with Crippen molar-refractivity contribution < 1.29 is 22.7 Å². The smallest absolute Gasteiger partial charge is 0.328 e. The molecule has 1 atom stereocenters. The third-order valence-electron chi connectivity index (χ3n) is 3.13. The molecule has 25 heavy (non-hydrogen) atoms. The Morgan fingerprint density at radius 1 is 1.24 bits per heavy atom. The lowest BCUT2D eigenvalue weighted by atomic mass is 10.0. The predicted molar refractivity (Wildman–Crippen MR) is 95.1 cm³/mol. The van der Waals surface area contributed by atoms with Crippen molar-refractivity contribution in [2.75, 3.05) is 13.7 Å². The lowest BCUT2D eigenvalue weighted by Gasteiger charge is -2.18. The number of sulfonamides is 1. The van der Waals surface area contributed by atoms with Crippen LogP contribution >= 0.6 is 23.2 Å². The first kappa shape index (κ1) is 21.7. The largest absolute Gasteiger partial charge is 0.467 e. The minimum absolute atomic E-state index is 0.0236. The normalized spacial score (nSPS) is 12.7. The van der Waals surface area contributed by atoms with E-state index in [0.29, 0.717) is 6.42 Å². The third-order valence-corrected chi connectivity index (χ3v) is 5.25. The number of benzene rings is 1. The van der Waals surface area contributed by atoms with Crippen LogP contribution in [0.2, 0.25) is 10.0 Å². The van der Waals surface area contributed by atoms with Crippen molar-refractivity contribution in [3.8, 4) is 0 Å². The van der Waals surface area contributed by atoms with Gasteiger partial charge in [-0.05, 0) is 30.5 Å². The number of hydrogen-bond acceptors (Lipinski definition) is 5. The molecule has 0 saturated heterocycles. The summed E-state index contributed by atoms with van der Waals surface area (Å²) in [5, 5.41) is 2.62. The van der Waals surface area contributed by atoms with Crippen molar-refractivity contribution >= 4 is 45.1 Å². The average molecular weight is 411 g/mol. The number of carbonyl (C=O) groups excluding carboxylic acids is 2. The minimum Gasteiger partial charge on any atom is -0.467 e. The zero-order chi connectivity index (χ0) is 19.2. The first-order valence-electron chi connectivity index (χ1n) is 7.38. The average Bonchev–Trinajstić information content (AvgIpc) is 2.53. The molecule has 1 rings (SSSR count). The van der Waals surface area contributed by atoms with Crippen LogP contribution < -0.4 is 10.0 Å². The summed E-state index contributed by atoms with van der Waals surface area (Å²) in [6.07, 6.45) is 0.366. The van der Waals surface area contributed by atoms with Crippen LogP contribution in [-0.2, 0) is 24.3 Å². The molecule has 140 valence electrons. The highest BCUT2D eigenvalue weighted by Crippen LogP contribution is 2.24. The molecule has 1 aromatic carbocycles. The highest BCUT2D eigenvalue weighted by molar-refractivity contribution is 7.89. The van der Waals surface area contributed by atoms with Crippen LogP contribution in [0.15, 0.2) is 23.1 Å². The molecule has 7 nitrogen and oxygen atoms in total. The maximum atomic E-state index is 12.2. The topological polar surface area (TPSA) is 102 Å². The van der Waals surface area contributed by atoms with E-state index in [-0.39, 0.29) is 20.9 Å². The van der Waals surface area contributed by atoms with Crippen LogP contribution in [0.3, 0.4) is 0 Å². The fourth-order valence-electron chi connectivity index (χ4n) is 1.99. The fraction of sp³-hybridized carbons (Fsp3) is 0.467. The number of amides is 1. The van der Waals surface area contributed by atoms with Crippen LogP contribution in [0.1, 0.15) is 20.3 Å². The van der Waals surface area contributed by atoms with Gasteiger partial charge in [-0.3, -0.25) is 4.79 Å². The highest BCUT2D eigenvalue weighted by atomic mass is 35.5. The number of nitrogens with one attached hydrogen (secondary N) is 2. The van der Waals surface area contributed by atoms with Gasteiger partial charge in [-0.2, -0.15) is 0 Å². The molecule has 0 fully saturated rings. The van der Waals surface area contributed by atoms with Gasteiger partial charge in [0.2, 0.25) is 15.9 Å². The van der Waals surface area contributed by atoms with Gasteiger partial charge in [-0.15, -0.1) is 0 Å². The van der Waals surface area contributed by atoms with E-state index in [9.17, 15) is 18.0 Å². The van der Waals surface area contributed by atoms with Gasteiger partial charge in [0.15, 0.2) is 0 Å². The molecule has 0 heterocycles. The van der Waals surface area contributed by atoms with Crippen LogP contribution in [-0.4, -0.2) is 40.0 Å². The molecular weight excluding hydrogens is 391 g/mol. The molecule has 0 aromatic heterocycles. The Kier molecular flexibility index (Phi) is 8.14. The van der Waals surface area contributed by atoms with Crippen molar-refractivity contribution in [1.29, 1.82) is 0 Å². The molecule has 1 unspecified atom stereocenters. The molecule has 0 aliphatic rings. The minimum atomic E-state index is -4.04. The Morgan fingerprint density at radius 3 is 2.44 bits per heavy atom. The van der Waals surface area contributed by atoms with Crippen molar-refractivity contribution in [2.45, 2.75) is 31.2 Å². The Labute approximate surface area is 157 Å². The lowest BCUT2D eigenvalue weighted by Crippen LogP contribution is -2.46. The van der Waals surface area contributed by atoms with Crippen molar-refractivity contribution in [3.63, 3.8) is 0 Å². The molecule has 1 amide bonds. The SMILES string of the molecule is COC(=O)C(CC(C)C)NC(=O)CNS(=O)(=O)c1cc(Cl)ccc1Cl. The van der Waals surface area contributed by atoms with Gasteiger partial charge < -0.3 is 10.1 Å². The van der Waals surface area contributed by atoms with E-state index in [4.69, 9.17) is 23.2 Å². The highest BCUT2D eigenvalue weighted by Gasteiger charge is 2.24. The summed E-state index contributed by atoms with van der Waals surface area (Å²) in [6, 6.07) is 3.12. The second-order valence-corrected chi connectivity index (χ2v) is 8.25. The summed E-state index contributed by atoms with van der Waals surface area (Å²) < 4.78 is 31.2. The van der Waals surface area contributed by atoms with Gasteiger partial charge >= 0.3 is 5.97 Å². The number of halogens is 2. The Morgan fingerprint density at radius 2 is 1.88 bits per heavy atom. The molecule has 0 spiro atoms. The Balaban J connectivity index is 2.77.